The van der Waals surface area contributed by atoms with Crippen LogP contribution in [0.3, 0.4) is 0 Å². The van der Waals surface area contributed by atoms with Crippen LogP contribution in [0.25, 0.3) is 0 Å². The first-order valence-electron chi connectivity index (χ1n) is 8.25. The fraction of sp³-hybridized carbons (Fsp3) is 0.263. The van der Waals surface area contributed by atoms with Gasteiger partial charge in [-0.3, -0.25) is 4.79 Å². The van der Waals surface area contributed by atoms with Gasteiger partial charge < -0.3 is 14.8 Å². The molecule has 0 aliphatic heterocycles. The van der Waals surface area contributed by atoms with Gasteiger partial charge in [0, 0.05) is 5.69 Å². The summed E-state index contributed by atoms with van der Waals surface area (Å²) in [6.07, 6.45) is 2.46. The van der Waals surface area contributed by atoms with Crippen LogP contribution in [0.5, 0.6) is 11.5 Å². The Labute approximate surface area is 161 Å². The van der Waals surface area contributed by atoms with Gasteiger partial charge in [0.2, 0.25) is 0 Å². The Morgan fingerprint density at radius 2 is 2.04 bits per heavy atom. The van der Waals surface area contributed by atoms with E-state index in [-0.39, 0.29) is 12.5 Å². The molecule has 0 saturated carbocycles. The summed E-state index contributed by atoms with van der Waals surface area (Å²) in [6, 6.07) is 13.2. The van der Waals surface area contributed by atoms with Crippen molar-refractivity contribution >= 4 is 33.7 Å². The largest absolute Gasteiger partial charge is 0.493 e. The van der Waals surface area contributed by atoms with E-state index in [2.05, 4.69) is 31.8 Å². The van der Waals surface area contributed by atoms with Crippen LogP contribution < -0.4 is 20.2 Å². The van der Waals surface area contributed by atoms with Crippen LogP contribution in [0.15, 0.2) is 52.0 Å². The second-order valence-electron chi connectivity index (χ2n) is 5.40. The summed E-state index contributed by atoms with van der Waals surface area (Å²) in [5, 5.41) is 7.00. The highest BCUT2D eigenvalue weighted by atomic mass is 79.9. The van der Waals surface area contributed by atoms with Crippen molar-refractivity contribution in [3.8, 4) is 11.5 Å². The van der Waals surface area contributed by atoms with E-state index >= 15 is 0 Å². The zero-order valence-corrected chi connectivity index (χ0v) is 16.4. The van der Waals surface area contributed by atoms with Crippen molar-refractivity contribution < 1.29 is 14.3 Å². The summed E-state index contributed by atoms with van der Waals surface area (Å²) in [6.45, 7) is 2.78. The molecule has 2 aromatic carbocycles. The molecule has 0 saturated heterocycles. The number of anilines is 1. The molecule has 0 bridgehead atoms. The lowest BCUT2D eigenvalue weighted by Crippen LogP contribution is -2.25. The third kappa shape index (κ3) is 6.07. The number of hydrogen-bond acceptors (Lipinski definition) is 5. The Hall–Kier alpha value is -2.54. The molecule has 2 rings (SSSR count). The predicted octanol–water partition coefficient (Wildman–Crippen LogP) is 3.81. The van der Waals surface area contributed by atoms with Crippen LogP contribution in [0.4, 0.5) is 5.69 Å². The van der Waals surface area contributed by atoms with Crippen molar-refractivity contribution in [3.05, 3.63) is 52.5 Å². The minimum Gasteiger partial charge on any atom is -0.493 e. The number of rotatable bonds is 9. The van der Waals surface area contributed by atoms with E-state index in [0.717, 1.165) is 22.1 Å². The number of nitrogens with one attached hydrogen (secondary N) is 2. The molecule has 26 heavy (non-hydrogen) atoms. The maximum atomic E-state index is 11.8. The second-order valence-corrected chi connectivity index (χ2v) is 6.25. The fourth-order valence-electron chi connectivity index (χ4n) is 2.12. The zero-order valence-electron chi connectivity index (χ0n) is 14.8. The van der Waals surface area contributed by atoms with Gasteiger partial charge in [0.15, 0.2) is 11.5 Å². The van der Waals surface area contributed by atoms with Gasteiger partial charge in [-0.15, -0.1) is 0 Å². The van der Waals surface area contributed by atoms with E-state index in [0.29, 0.717) is 18.1 Å². The minimum absolute atomic E-state index is 0.137. The third-order valence-corrected chi connectivity index (χ3v) is 3.92. The van der Waals surface area contributed by atoms with E-state index in [1.165, 1.54) is 0 Å². The van der Waals surface area contributed by atoms with Crippen molar-refractivity contribution in [2.45, 2.75) is 13.3 Å². The number of hydrazone groups is 1. The summed E-state index contributed by atoms with van der Waals surface area (Å²) in [4.78, 5) is 11.8. The van der Waals surface area contributed by atoms with Gasteiger partial charge in [-0.1, -0.05) is 25.1 Å². The molecule has 0 radical (unpaired) electrons. The van der Waals surface area contributed by atoms with Crippen molar-refractivity contribution in [2.24, 2.45) is 5.10 Å². The Morgan fingerprint density at radius 1 is 1.27 bits per heavy atom. The molecular weight excluding hydrogens is 398 g/mol. The molecular formula is C19H22BrN3O3. The van der Waals surface area contributed by atoms with Crippen molar-refractivity contribution in [3.63, 3.8) is 0 Å². The number of para-hydroxylation sites is 1. The lowest BCUT2D eigenvalue weighted by Gasteiger charge is -2.12. The topological polar surface area (TPSA) is 72.0 Å². The van der Waals surface area contributed by atoms with Crippen molar-refractivity contribution in [2.75, 3.05) is 25.6 Å². The molecule has 0 aromatic heterocycles. The van der Waals surface area contributed by atoms with E-state index in [1.807, 2.05) is 43.3 Å². The smallest absolute Gasteiger partial charge is 0.259 e. The maximum absolute atomic E-state index is 11.8. The van der Waals surface area contributed by atoms with Crippen LogP contribution in [0.2, 0.25) is 0 Å². The van der Waals surface area contributed by atoms with E-state index in [4.69, 9.17) is 9.47 Å². The zero-order chi connectivity index (χ0) is 18.8. The van der Waals surface area contributed by atoms with Crippen LogP contribution in [0.1, 0.15) is 18.9 Å². The first-order valence-corrected chi connectivity index (χ1v) is 9.04. The van der Waals surface area contributed by atoms with Crippen molar-refractivity contribution in [1.29, 1.82) is 0 Å². The molecule has 0 unspecified atom stereocenters. The monoisotopic (exact) mass is 419 g/mol. The number of nitrogens with zero attached hydrogens (tertiary/aromatic N) is 1. The highest BCUT2D eigenvalue weighted by molar-refractivity contribution is 9.10. The maximum Gasteiger partial charge on any atom is 0.259 e. The first-order chi connectivity index (χ1) is 12.6. The fourth-order valence-corrected chi connectivity index (χ4v) is 2.69. The highest BCUT2D eigenvalue weighted by Gasteiger charge is 2.11. The average Bonchev–Trinajstić information content (AvgIpc) is 2.66. The Balaban J connectivity index is 1.92. The average molecular weight is 420 g/mol. The van der Waals surface area contributed by atoms with Crippen LogP contribution in [-0.2, 0) is 4.79 Å². The number of benzene rings is 2. The lowest BCUT2D eigenvalue weighted by molar-refractivity contribution is -0.119. The second kappa shape index (κ2) is 10.5. The summed E-state index contributed by atoms with van der Waals surface area (Å²) < 4.78 is 11.8. The predicted molar refractivity (Wildman–Crippen MR) is 107 cm³/mol. The number of carbonyl (C=O) groups is 1. The van der Waals surface area contributed by atoms with Gasteiger partial charge in [-0.25, -0.2) is 5.43 Å². The highest BCUT2D eigenvalue weighted by Crippen LogP contribution is 2.36. The molecule has 0 heterocycles. The lowest BCUT2D eigenvalue weighted by atomic mass is 10.2. The molecule has 0 fully saturated rings. The van der Waals surface area contributed by atoms with Crippen LogP contribution in [-0.4, -0.2) is 32.4 Å². The van der Waals surface area contributed by atoms with Gasteiger partial charge in [-0.2, -0.15) is 5.10 Å². The summed E-state index contributed by atoms with van der Waals surface area (Å²) in [5.74, 6) is 1.02. The van der Waals surface area contributed by atoms with Crippen molar-refractivity contribution in [1.82, 2.24) is 5.43 Å². The Bertz CT molecular complexity index is 751. The Morgan fingerprint density at radius 3 is 2.73 bits per heavy atom. The summed E-state index contributed by atoms with van der Waals surface area (Å²) in [7, 11) is 1.58. The number of ether oxygens (including phenoxy) is 2. The third-order valence-electron chi connectivity index (χ3n) is 3.33. The molecule has 138 valence electrons. The molecule has 7 heteroatoms. The Kier molecular flexibility index (Phi) is 7.95. The van der Waals surface area contributed by atoms with Gasteiger partial charge in [-0.05, 0) is 52.2 Å². The molecule has 0 aliphatic rings. The SMILES string of the molecule is CCCOc1c(Br)cc(/C=N\NC(=O)CNc2ccccc2)cc1OC. The van der Waals surface area contributed by atoms with Crippen LogP contribution in [0, 0.1) is 0 Å². The molecule has 1 amide bonds. The summed E-state index contributed by atoms with van der Waals surface area (Å²) >= 11 is 3.48. The quantitative estimate of drug-likeness (QED) is 0.478. The molecule has 0 spiro atoms. The first kappa shape index (κ1) is 19.8. The standard InChI is InChI=1S/C19H22BrN3O3/c1-3-9-26-19-16(20)10-14(11-17(19)25-2)12-22-23-18(24)13-21-15-7-5-4-6-8-15/h4-8,10-12,21H,3,9,13H2,1-2H3,(H,23,24)/b22-12-. The normalized spacial score (nSPS) is 10.6. The molecule has 0 atom stereocenters. The number of methoxy groups -OCH3 is 1. The van der Waals surface area contributed by atoms with E-state index in [1.54, 1.807) is 19.4 Å². The molecule has 0 aliphatic carbocycles. The van der Waals surface area contributed by atoms with E-state index < -0.39 is 0 Å². The van der Waals surface area contributed by atoms with E-state index in [9.17, 15) is 4.79 Å². The molecule has 2 aromatic rings. The number of halogens is 1. The molecule has 2 N–H and O–H groups in total. The molecule has 6 nitrogen and oxygen atoms in total. The number of hydrogen-bond donors (Lipinski definition) is 2. The van der Waals surface area contributed by atoms with Crippen LogP contribution >= 0.6 is 15.9 Å². The number of amides is 1. The number of carbonyl (C=O) groups excluding carboxylic acids is 1. The van der Waals surface area contributed by atoms with Gasteiger partial charge in [0.25, 0.3) is 5.91 Å². The van der Waals surface area contributed by atoms with Gasteiger partial charge in [0.05, 0.1) is 30.9 Å². The minimum atomic E-state index is -0.237. The van der Waals surface area contributed by atoms with Gasteiger partial charge in [0.1, 0.15) is 0 Å². The summed E-state index contributed by atoms with van der Waals surface area (Å²) in [5.41, 5.74) is 4.14. The van der Waals surface area contributed by atoms with Gasteiger partial charge >= 0.3 is 0 Å².